The molecule has 0 atom stereocenters. The molecule has 0 unspecified atom stereocenters. The Labute approximate surface area is 99.5 Å². The molecule has 5 heteroatoms. The van der Waals surface area contributed by atoms with E-state index in [0.717, 1.165) is 43.6 Å². The fourth-order valence-corrected chi connectivity index (χ4v) is 2.35. The minimum atomic E-state index is 0.214. The van der Waals surface area contributed by atoms with E-state index in [1.54, 1.807) is 0 Å². The molecule has 0 saturated carbocycles. The summed E-state index contributed by atoms with van der Waals surface area (Å²) in [6, 6.07) is 0. The lowest BCUT2D eigenvalue weighted by atomic mass is 10.1. The van der Waals surface area contributed by atoms with Crippen LogP contribution in [0.4, 0.5) is 0 Å². The van der Waals surface area contributed by atoms with Crippen molar-refractivity contribution >= 4 is 5.65 Å². The number of aliphatic hydroxyl groups excluding tert-OH is 1. The molecule has 1 aliphatic heterocycles. The highest BCUT2D eigenvalue weighted by atomic mass is 16.2. The first kappa shape index (κ1) is 10.7. The molecule has 0 aliphatic carbocycles. The topological polar surface area (TPSA) is 62.5 Å². The van der Waals surface area contributed by atoms with Crippen LogP contribution in [0.3, 0.4) is 0 Å². The number of hydrogen-bond donors (Lipinski definition) is 2. The highest BCUT2D eigenvalue weighted by molar-refractivity contribution is 5.48. The quantitative estimate of drug-likeness (QED) is 0.799. The maximum atomic E-state index is 8.87. The molecule has 17 heavy (non-hydrogen) atoms. The summed E-state index contributed by atoms with van der Waals surface area (Å²) in [6.45, 7) is 2.09. The summed E-state index contributed by atoms with van der Waals surface area (Å²) in [6.07, 6.45) is 6.42. The van der Waals surface area contributed by atoms with Crippen molar-refractivity contribution in [2.45, 2.75) is 25.8 Å². The van der Waals surface area contributed by atoms with Gasteiger partial charge in [0.15, 0.2) is 5.65 Å². The molecule has 90 valence electrons. The molecule has 0 saturated heterocycles. The van der Waals surface area contributed by atoms with Crippen LogP contribution >= 0.6 is 0 Å². The van der Waals surface area contributed by atoms with E-state index in [4.69, 9.17) is 5.11 Å². The van der Waals surface area contributed by atoms with Crippen molar-refractivity contribution in [2.75, 3.05) is 13.2 Å². The Hall–Kier alpha value is -1.46. The first-order chi connectivity index (χ1) is 8.40. The Morgan fingerprint density at radius 3 is 3.24 bits per heavy atom. The molecule has 5 nitrogen and oxygen atoms in total. The Kier molecular flexibility index (Phi) is 2.78. The molecule has 0 aromatic carbocycles. The molecule has 2 aromatic rings. The monoisotopic (exact) mass is 232 g/mol. The second kappa shape index (κ2) is 4.43. The van der Waals surface area contributed by atoms with Crippen LogP contribution in [0.15, 0.2) is 12.4 Å². The van der Waals surface area contributed by atoms with Crippen molar-refractivity contribution in [3.63, 3.8) is 0 Å². The van der Waals surface area contributed by atoms with Gasteiger partial charge in [-0.05, 0) is 12.8 Å². The van der Waals surface area contributed by atoms with Crippen LogP contribution < -0.4 is 5.32 Å². The van der Waals surface area contributed by atoms with Gasteiger partial charge in [-0.25, -0.2) is 9.50 Å². The molecule has 1 aliphatic rings. The molecular formula is C12H16N4O. The van der Waals surface area contributed by atoms with Gasteiger partial charge in [0.25, 0.3) is 0 Å². The first-order valence-electron chi connectivity index (χ1n) is 6.05. The lowest BCUT2D eigenvalue weighted by molar-refractivity contribution is 0.288. The van der Waals surface area contributed by atoms with E-state index in [0.29, 0.717) is 0 Å². The van der Waals surface area contributed by atoms with Crippen molar-refractivity contribution in [3.05, 3.63) is 29.2 Å². The zero-order valence-electron chi connectivity index (χ0n) is 9.69. The zero-order chi connectivity index (χ0) is 11.7. The number of aliphatic hydroxyl groups is 1. The van der Waals surface area contributed by atoms with Gasteiger partial charge in [-0.2, -0.15) is 5.10 Å². The Morgan fingerprint density at radius 2 is 2.35 bits per heavy atom. The Bertz CT molecular complexity index is 535. The average molecular weight is 232 g/mol. The largest absolute Gasteiger partial charge is 0.396 e. The van der Waals surface area contributed by atoms with Crippen LogP contribution in [-0.4, -0.2) is 32.9 Å². The van der Waals surface area contributed by atoms with Crippen molar-refractivity contribution in [1.29, 1.82) is 0 Å². The predicted molar refractivity (Wildman–Crippen MR) is 63.8 cm³/mol. The Morgan fingerprint density at radius 1 is 1.41 bits per heavy atom. The standard InChI is InChI=1S/C12H16N4O/c17-5-1-2-9-8-15-16-11-3-4-13-6-10(11)7-14-12(9)16/h7-8,13,17H,1-6H2. The van der Waals surface area contributed by atoms with Crippen molar-refractivity contribution in [1.82, 2.24) is 19.9 Å². The molecule has 0 spiro atoms. The van der Waals surface area contributed by atoms with Gasteiger partial charge in [0.2, 0.25) is 0 Å². The molecule has 0 radical (unpaired) electrons. The van der Waals surface area contributed by atoms with E-state index < -0.39 is 0 Å². The number of aromatic nitrogens is 3. The maximum absolute atomic E-state index is 8.87. The van der Waals surface area contributed by atoms with Crippen molar-refractivity contribution in [3.8, 4) is 0 Å². The normalized spacial score (nSPS) is 15.1. The fourth-order valence-electron chi connectivity index (χ4n) is 2.35. The summed E-state index contributed by atoms with van der Waals surface area (Å²) >= 11 is 0. The SMILES string of the molecule is OCCCc1cnn2c3c(cnc12)CNCC3. The van der Waals surface area contributed by atoms with Crippen LogP contribution in [0.25, 0.3) is 5.65 Å². The van der Waals surface area contributed by atoms with Crippen molar-refractivity contribution < 1.29 is 5.11 Å². The van der Waals surface area contributed by atoms with E-state index in [1.165, 1.54) is 11.3 Å². The van der Waals surface area contributed by atoms with E-state index in [9.17, 15) is 0 Å². The highest BCUT2D eigenvalue weighted by Crippen LogP contribution is 2.17. The minimum Gasteiger partial charge on any atom is -0.396 e. The van der Waals surface area contributed by atoms with Gasteiger partial charge in [0, 0.05) is 43.4 Å². The second-order valence-electron chi connectivity index (χ2n) is 4.39. The van der Waals surface area contributed by atoms with Gasteiger partial charge in [-0.15, -0.1) is 0 Å². The smallest absolute Gasteiger partial charge is 0.158 e. The van der Waals surface area contributed by atoms with Gasteiger partial charge in [-0.1, -0.05) is 0 Å². The molecular weight excluding hydrogens is 216 g/mol. The third-order valence-electron chi connectivity index (χ3n) is 3.24. The summed E-state index contributed by atoms with van der Waals surface area (Å²) in [4.78, 5) is 4.49. The van der Waals surface area contributed by atoms with Crippen LogP contribution in [0.2, 0.25) is 0 Å². The highest BCUT2D eigenvalue weighted by Gasteiger charge is 2.15. The number of nitrogens with zero attached hydrogens (tertiary/aromatic N) is 3. The molecule has 0 bridgehead atoms. The van der Waals surface area contributed by atoms with Crippen LogP contribution in [0.1, 0.15) is 23.2 Å². The van der Waals surface area contributed by atoms with Gasteiger partial charge >= 0.3 is 0 Å². The number of hydrogen-bond acceptors (Lipinski definition) is 4. The first-order valence-corrected chi connectivity index (χ1v) is 6.05. The van der Waals surface area contributed by atoms with E-state index in [-0.39, 0.29) is 6.61 Å². The van der Waals surface area contributed by atoms with Gasteiger partial charge in [-0.3, -0.25) is 0 Å². The lowest BCUT2D eigenvalue weighted by Gasteiger charge is -2.17. The second-order valence-corrected chi connectivity index (χ2v) is 4.39. The van der Waals surface area contributed by atoms with Gasteiger partial charge < -0.3 is 10.4 Å². The van der Waals surface area contributed by atoms with Crippen LogP contribution in [0, 0.1) is 0 Å². The van der Waals surface area contributed by atoms with E-state index in [1.807, 2.05) is 16.9 Å². The Balaban J connectivity index is 2.06. The fraction of sp³-hybridized carbons (Fsp3) is 0.500. The summed E-state index contributed by atoms with van der Waals surface area (Å²) < 4.78 is 1.96. The van der Waals surface area contributed by atoms with Gasteiger partial charge in [0.05, 0.1) is 11.9 Å². The molecule has 0 fully saturated rings. The zero-order valence-corrected chi connectivity index (χ0v) is 9.69. The minimum absolute atomic E-state index is 0.214. The molecule has 3 rings (SSSR count). The molecule has 2 aromatic heterocycles. The lowest BCUT2D eigenvalue weighted by Crippen LogP contribution is -2.26. The number of fused-ring (bicyclic) bond motifs is 3. The average Bonchev–Trinajstić information content (AvgIpc) is 2.80. The van der Waals surface area contributed by atoms with Gasteiger partial charge in [0.1, 0.15) is 0 Å². The molecule has 0 amide bonds. The molecule has 3 heterocycles. The maximum Gasteiger partial charge on any atom is 0.158 e. The van der Waals surface area contributed by atoms with Crippen LogP contribution in [-0.2, 0) is 19.4 Å². The third-order valence-corrected chi connectivity index (χ3v) is 3.24. The summed E-state index contributed by atoms with van der Waals surface area (Å²) in [5.41, 5.74) is 4.57. The van der Waals surface area contributed by atoms with E-state index >= 15 is 0 Å². The van der Waals surface area contributed by atoms with E-state index in [2.05, 4.69) is 15.4 Å². The van der Waals surface area contributed by atoms with Crippen molar-refractivity contribution in [2.24, 2.45) is 0 Å². The van der Waals surface area contributed by atoms with Crippen LogP contribution in [0.5, 0.6) is 0 Å². The number of nitrogens with one attached hydrogen (secondary N) is 1. The number of aryl methyl sites for hydroxylation is 1. The number of rotatable bonds is 3. The molecule has 2 N–H and O–H groups in total. The third kappa shape index (κ3) is 1.81. The summed E-state index contributed by atoms with van der Waals surface area (Å²) in [7, 11) is 0. The summed E-state index contributed by atoms with van der Waals surface area (Å²) in [5.74, 6) is 0. The summed E-state index contributed by atoms with van der Waals surface area (Å²) in [5, 5.41) is 16.6. The predicted octanol–water partition coefficient (Wildman–Crippen LogP) is 0.300.